The summed E-state index contributed by atoms with van der Waals surface area (Å²) in [4.78, 5) is 25.4. The zero-order valence-electron chi connectivity index (χ0n) is 9.91. The molecule has 0 fully saturated rings. The highest BCUT2D eigenvalue weighted by molar-refractivity contribution is 14.1. The molecule has 7 nitrogen and oxygen atoms in total. The normalized spacial score (nSPS) is 10.1. The fourth-order valence-corrected chi connectivity index (χ4v) is 1.78. The van der Waals surface area contributed by atoms with Crippen LogP contribution in [-0.2, 0) is 0 Å². The summed E-state index contributed by atoms with van der Waals surface area (Å²) in [5.74, 6) is -1.05. The molecular formula is C12H8IN3O4. The van der Waals surface area contributed by atoms with E-state index in [9.17, 15) is 20.0 Å². The summed E-state index contributed by atoms with van der Waals surface area (Å²) >= 11 is 2.11. The molecule has 0 bridgehead atoms. The fraction of sp³-hybridized carbons (Fsp3) is 0. The average Bonchev–Trinajstić information content (AvgIpc) is 2.41. The Balaban J connectivity index is 2.19. The summed E-state index contributed by atoms with van der Waals surface area (Å²) < 4.78 is 0.982. The topological polar surface area (TPSA) is 105 Å². The number of carbonyl (C=O) groups excluding carboxylic acids is 1. The van der Waals surface area contributed by atoms with Crippen molar-refractivity contribution in [3.63, 3.8) is 0 Å². The van der Waals surface area contributed by atoms with E-state index in [0.717, 1.165) is 15.8 Å². The van der Waals surface area contributed by atoms with Crippen molar-refractivity contribution in [3.05, 3.63) is 55.8 Å². The molecule has 0 aliphatic heterocycles. The van der Waals surface area contributed by atoms with Crippen molar-refractivity contribution >= 4 is 40.0 Å². The molecule has 1 heterocycles. The van der Waals surface area contributed by atoms with Crippen molar-refractivity contribution in [2.45, 2.75) is 0 Å². The molecule has 2 aromatic rings. The van der Waals surface area contributed by atoms with Gasteiger partial charge in [0.05, 0.1) is 11.0 Å². The number of hydrogen-bond acceptors (Lipinski definition) is 5. The van der Waals surface area contributed by atoms with Crippen LogP contribution in [0.25, 0.3) is 0 Å². The molecule has 20 heavy (non-hydrogen) atoms. The first kappa shape index (κ1) is 14.2. The van der Waals surface area contributed by atoms with Gasteiger partial charge in [-0.2, -0.15) is 0 Å². The van der Waals surface area contributed by atoms with Gasteiger partial charge in [-0.15, -0.1) is 0 Å². The second-order valence-electron chi connectivity index (χ2n) is 3.78. The molecule has 0 radical (unpaired) electrons. The second kappa shape index (κ2) is 5.82. The smallest absolute Gasteiger partial charge is 0.291 e. The van der Waals surface area contributed by atoms with Gasteiger partial charge in [0.2, 0.25) is 0 Å². The summed E-state index contributed by atoms with van der Waals surface area (Å²) in [5.41, 5.74) is 0.0414. The van der Waals surface area contributed by atoms with Crippen LogP contribution in [0.5, 0.6) is 5.75 Å². The van der Waals surface area contributed by atoms with Crippen molar-refractivity contribution < 1.29 is 14.8 Å². The van der Waals surface area contributed by atoms with Crippen LogP contribution in [0.1, 0.15) is 10.4 Å². The monoisotopic (exact) mass is 385 g/mol. The number of halogens is 1. The minimum atomic E-state index is -0.683. The second-order valence-corrected chi connectivity index (χ2v) is 5.03. The molecule has 0 aliphatic carbocycles. The minimum absolute atomic E-state index is 0.126. The van der Waals surface area contributed by atoms with Gasteiger partial charge in [0.1, 0.15) is 6.20 Å². The summed E-state index contributed by atoms with van der Waals surface area (Å²) in [6.07, 6.45) is 0.962. The van der Waals surface area contributed by atoms with Gasteiger partial charge in [-0.1, -0.05) is 0 Å². The van der Waals surface area contributed by atoms with E-state index in [4.69, 9.17) is 0 Å². The summed E-state index contributed by atoms with van der Waals surface area (Å²) in [5, 5.41) is 22.5. The molecule has 2 rings (SSSR count). The van der Waals surface area contributed by atoms with Gasteiger partial charge in [0.15, 0.2) is 11.6 Å². The number of rotatable bonds is 3. The lowest BCUT2D eigenvalue weighted by atomic mass is 10.2. The Morgan fingerprint density at radius 2 is 2.00 bits per heavy atom. The van der Waals surface area contributed by atoms with E-state index in [0.29, 0.717) is 5.56 Å². The SMILES string of the molecule is O=C(Nc1ncc([N+](=O)[O-])cc1O)c1ccc(I)cc1. The minimum Gasteiger partial charge on any atom is -0.504 e. The fourth-order valence-electron chi connectivity index (χ4n) is 1.42. The predicted molar refractivity (Wildman–Crippen MR) is 79.7 cm³/mol. The molecule has 0 aliphatic rings. The number of aromatic hydroxyl groups is 1. The Bertz CT molecular complexity index is 673. The number of nitro groups is 1. The van der Waals surface area contributed by atoms with Crippen molar-refractivity contribution in [3.8, 4) is 5.75 Å². The van der Waals surface area contributed by atoms with Gasteiger partial charge in [-0.05, 0) is 46.9 Å². The number of aromatic nitrogens is 1. The molecule has 1 aromatic heterocycles. The Morgan fingerprint density at radius 3 is 2.55 bits per heavy atom. The largest absolute Gasteiger partial charge is 0.504 e. The number of anilines is 1. The quantitative estimate of drug-likeness (QED) is 0.480. The lowest BCUT2D eigenvalue weighted by Gasteiger charge is -2.06. The highest BCUT2D eigenvalue weighted by Gasteiger charge is 2.14. The van der Waals surface area contributed by atoms with Crippen LogP contribution in [0.15, 0.2) is 36.5 Å². The van der Waals surface area contributed by atoms with E-state index < -0.39 is 16.6 Å². The van der Waals surface area contributed by atoms with Crippen LogP contribution in [-0.4, -0.2) is 20.9 Å². The molecule has 2 N–H and O–H groups in total. The molecule has 0 unspecified atom stereocenters. The number of nitrogens with zero attached hydrogens (tertiary/aromatic N) is 2. The van der Waals surface area contributed by atoms with E-state index in [1.165, 1.54) is 0 Å². The average molecular weight is 385 g/mol. The van der Waals surface area contributed by atoms with Crippen molar-refractivity contribution in [1.29, 1.82) is 0 Å². The Hall–Kier alpha value is -2.23. The maximum Gasteiger partial charge on any atom is 0.291 e. The molecule has 8 heteroatoms. The third kappa shape index (κ3) is 3.20. The summed E-state index contributed by atoms with van der Waals surface area (Å²) in [7, 11) is 0. The van der Waals surface area contributed by atoms with Gasteiger partial charge in [0, 0.05) is 9.13 Å². The number of nitrogens with one attached hydrogen (secondary N) is 1. The molecule has 0 spiro atoms. The lowest BCUT2D eigenvalue weighted by molar-refractivity contribution is -0.385. The summed E-state index contributed by atoms with van der Waals surface area (Å²) in [6, 6.07) is 7.70. The third-order valence-corrected chi connectivity index (χ3v) is 3.12. The van der Waals surface area contributed by atoms with Gasteiger partial charge in [-0.3, -0.25) is 14.9 Å². The molecular weight excluding hydrogens is 377 g/mol. The zero-order valence-corrected chi connectivity index (χ0v) is 12.1. The standard InChI is InChI=1S/C12H8IN3O4/c13-8-3-1-7(2-4-8)12(18)15-11-10(17)5-9(6-14-11)16(19)20/h1-6,17H,(H,14,15,18). The number of benzene rings is 1. The van der Waals surface area contributed by atoms with Gasteiger partial charge >= 0.3 is 0 Å². The number of carbonyl (C=O) groups is 1. The van der Waals surface area contributed by atoms with Crippen LogP contribution in [0.3, 0.4) is 0 Å². The molecule has 1 aromatic carbocycles. The van der Waals surface area contributed by atoms with E-state index in [-0.39, 0.29) is 11.5 Å². The van der Waals surface area contributed by atoms with Crippen molar-refractivity contribution in [2.75, 3.05) is 5.32 Å². The molecule has 0 saturated carbocycles. The van der Waals surface area contributed by atoms with Crippen LogP contribution < -0.4 is 5.32 Å². The number of amides is 1. The van der Waals surface area contributed by atoms with E-state index in [2.05, 4.69) is 32.9 Å². The first-order valence-corrected chi connectivity index (χ1v) is 6.45. The third-order valence-electron chi connectivity index (χ3n) is 2.40. The zero-order chi connectivity index (χ0) is 14.7. The van der Waals surface area contributed by atoms with Crippen LogP contribution in [0.2, 0.25) is 0 Å². The van der Waals surface area contributed by atoms with Gasteiger partial charge in [0.25, 0.3) is 11.6 Å². The molecule has 102 valence electrons. The molecule has 0 atom stereocenters. The first-order valence-electron chi connectivity index (χ1n) is 5.37. The predicted octanol–water partition coefficient (Wildman–Crippen LogP) is 2.55. The Labute approximate surface area is 126 Å². The first-order chi connectivity index (χ1) is 9.47. The molecule has 0 saturated heterocycles. The summed E-state index contributed by atoms with van der Waals surface area (Å²) in [6.45, 7) is 0. The van der Waals surface area contributed by atoms with Crippen LogP contribution >= 0.6 is 22.6 Å². The Morgan fingerprint density at radius 1 is 1.35 bits per heavy atom. The lowest BCUT2D eigenvalue weighted by Crippen LogP contribution is -2.13. The molecule has 1 amide bonds. The highest BCUT2D eigenvalue weighted by atomic mass is 127. The van der Waals surface area contributed by atoms with Crippen LogP contribution in [0, 0.1) is 13.7 Å². The van der Waals surface area contributed by atoms with Crippen molar-refractivity contribution in [2.24, 2.45) is 0 Å². The Kier molecular flexibility index (Phi) is 4.13. The highest BCUT2D eigenvalue weighted by Crippen LogP contribution is 2.25. The number of hydrogen-bond donors (Lipinski definition) is 2. The van der Waals surface area contributed by atoms with Gasteiger partial charge < -0.3 is 10.4 Å². The van der Waals surface area contributed by atoms with E-state index >= 15 is 0 Å². The maximum absolute atomic E-state index is 11.9. The van der Waals surface area contributed by atoms with Crippen molar-refractivity contribution in [1.82, 2.24) is 4.98 Å². The van der Waals surface area contributed by atoms with Crippen LogP contribution in [0.4, 0.5) is 11.5 Å². The number of pyridine rings is 1. The van der Waals surface area contributed by atoms with Gasteiger partial charge in [-0.25, -0.2) is 4.98 Å². The maximum atomic E-state index is 11.9. The van der Waals surface area contributed by atoms with E-state index in [1.807, 2.05) is 0 Å². The van der Waals surface area contributed by atoms with E-state index in [1.54, 1.807) is 24.3 Å².